The van der Waals surface area contributed by atoms with Gasteiger partial charge in [0.1, 0.15) is 0 Å². The van der Waals surface area contributed by atoms with Gasteiger partial charge in [-0.25, -0.2) is 0 Å². The van der Waals surface area contributed by atoms with Gasteiger partial charge < -0.3 is 5.73 Å². The number of anilines is 1. The summed E-state index contributed by atoms with van der Waals surface area (Å²) in [5.74, 6) is 0. The van der Waals surface area contributed by atoms with Gasteiger partial charge in [0.2, 0.25) is 0 Å². The molecule has 1 aromatic rings. The maximum absolute atomic E-state index is 10.8. The zero-order valence-corrected chi connectivity index (χ0v) is 9.18. The third-order valence-corrected chi connectivity index (χ3v) is 2.18. The van der Waals surface area contributed by atoms with Gasteiger partial charge in [0.25, 0.3) is 0 Å². The molecule has 0 aliphatic heterocycles. The molecule has 0 unspecified atom stereocenters. The quantitative estimate of drug-likeness (QED) is 0.476. The van der Waals surface area contributed by atoms with Crippen LogP contribution in [-0.4, -0.2) is 12.5 Å². The van der Waals surface area contributed by atoms with Crippen molar-refractivity contribution in [1.82, 2.24) is 0 Å². The van der Waals surface area contributed by atoms with Gasteiger partial charge in [-0.05, 0) is 30.2 Å². The average molecular weight is 214 g/mol. The molecular weight excluding hydrogens is 200 g/mol. The number of hydrogen-bond donors (Lipinski definition) is 1. The van der Waals surface area contributed by atoms with E-state index in [0.29, 0.717) is 11.3 Å². The topological polar surface area (TPSA) is 55.4 Å². The summed E-state index contributed by atoms with van der Waals surface area (Å²) in [7, 11) is 0. The third-order valence-electron chi connectivity index (χ3n) is 2.18. The number of nitrogens with zero attached hydrogens (tertiary/aromatic N) is 1. The van der Waals surface area contributed by atoms with Crippen LogP contribution in [0.25, 0.3) is 5.57 Å². The highest BCUT2D eigenvalue weighted by Gasteiger charge is 2.02. The first-order valence-electron chi connectivity index (χ1n) is 4.88. The second-order valence-corrected chi connectivity index (χ2v) is 3.17. The average Bonchev–Trinajstić information content (AvgIpc) is 2.32. The Morgan fingerprint density at radius 2 is 2.25 bits per heavy atom. The number of carbonyl (C=O) groups is 1. The summed E-state index contributed by atoms with van der Waals surface area (Å²) in [6.45, 7) is 5.41. The SMILES string of the molecule is C=CN=C/C(=C\C)c1ccc(N)c(C=O)c1. The largest absolute Gasteiger partial charge is 0.398 e. The van der Waals surface area contributed by atoms with Crippen molar-refractivity contribution in [2.75, 3.05) is 5.73 Å². The van der Waals surface area contributed by atoms with Crippen LogP contribution in [0, 0.1) is 0 Å². The second kappa shape index (κ2) is 5.66. The molecule has 2 N–H and O–H groups in total. The monoisotopic (exact) mass is 214 g/mol. The first kappa shape index (κ1) is 11.9. The molecule has 0 radical (unpaired) electrons. The second-order valence-electron chi connectivity index (χ2n) is 3.17. The van der Waals surface area contributed by atoms with Crippen LogP contribution in [0.2, 0.25) is 0 Å². The van der Waals surface area contributed by atoms with Crippen molar-refractivity contribution >= 4 is 23.8 Å². The van der Waals surface area contributed by atoms with Crippen molar-refractivity contribution in [3.63, 3.8) is 0 Å². The molecule has 0 saturated carbocycles. The number of rotatable bonds is 4. The normalized spacial score (nSPS) is 11.7. The van der Waals surface area contributed by atoms with E-state index in [2.05, 4.69) is 11.6 Å². The Balaban J connectivity index is 3.17. The first-order valence-corrected chi connectivity index (χ1v) is 4.88. The predicted molar refractivity (Wildman–Crippen MR) is 68.6 cm³/mol. The standard InChI is InChI=1S/C13H14N2O/c1-3-10(8-15-4-2)11-5-6-13(14)12(7-11)9-16/h3-9H,2,14H2,1H3/b10-3+,15-8?. The fourth-order valence-electron chi connectivity index (χ4n) is 1.31. The van der Waals surface area contributed by atoms with Crippen molar-refractivity contribution in [3.05, 3.63) is 48.2 Å². The van der Waals surface area contributed by atoms with E-state index in [1.165, 1.54) is 6.20 Å². The van der Waals surface area contributed by atoms with Gasteiger partial charge >= 0.3 is 0 Å². The van der Waals surface area contributed by atoms with E-state index in [1.807, 2.05) is 19.1 Å². The molecule has 1 aromatic carbocycles. The lowest BCUT2D eigenvalue weighted by atomic mass is 10.0. The molecule has 0 fully saturated rings. The van der Waals surface area contributed by atoms with Crippen LogP contribution in [0.1, 0.15) is 22.8 Å². The Bertz CT molecular complexity index is 459. The van der Waals surface area contributed by atoms with Gasteiger partial charge in [0, 0.05) is 23.7 Å². The number of hydrogen-bond acceptors (Lipinski definition) is 3. The van der Waals surface area contributed by atoms with Gasteiger partial charge in [-0.1, -0.05) is 18.7 Å². The van der Waals surface area contributed by atoms with Gasteiger partial charge in [0.15, 0.2) is 6.29 Å². The Hall–Kier alpha value is -2.16. The summed E-state index contributed by atoms with van der Waals surface area (Å²) in [6.07, 6.45) is 5.80. The highest BCUT2D eigenvalue weighted by atomic mass is 16.1. The predicted octanol–water partition coefficient (Wildman–Crippen LogP) is 2.70. The Morgan fingerprint density at radius 1 is 1.50 bits per heavy atom. The molecule has 0 aliphatic rings. The van der Waals surface area contributed by atoms with Crippen molar-refractivity contribution in [2.24, 2.45) is 4.99 Å². The molecule has 0 atom stereocenters. The van der Waals surface area contributed by atoms with Gasteiger partial charge in [-0.15, -0.1) is 0 Å². The summed E-state index contributed by atoms with van der Waals surface area (Å²) in [5, 5.41) is 0. The molecule has 82 valence electrons. The summed E-state index contributed by atoms with van der Waals surface area (Å²) in [4.78, 5) is 14.7. The molecule has 16 heavy (non-hydrogen) atoms. The summed E-state index contributed by atoms with van der Waals surface area (Å²) < 4.78 is 0. The summed E-state index contributed by atoms with van der Waals surface area (Å²) in [6, 6.07) is 5.31. The smallest absolute Gasteiger partial charge is 0.152 e. The van der Waals surface area contributed by atoms with E-state index in [1.54, 1.807) is 18.3 Å². The zero-order chi connectivity index (χ0) is 12.0. The van der Waals surface area contributed by atoms with Crippen LogP contribution >= 0.6 is 0 Å². The summed E-state index contributed by atoms with van der Waals surface area (Å²) >= 11 is 0. The highest BCUT2D eigenvalue weighted by Crippen LogP contribution is 2.18. The lowest BCUT2D eigenvalue weighted by molar-refractivity contribution is 0.112. The van der Waals surface area contributed by atoms with Crippen molar-refractivity contribution in [2.45, 2.75) is 6.92 Å². The maximum atomic E-state index is 10.8. The Morgan fingerprint density at radius 3 is 2.81 bits per heavy atom. The van der Waals surface area contributed by atoms with Gasteiger partial charge in [-0.3, -0.25) is 9.79 Å². The van der Waals surface area contributed by atoms with Crippen LogP contribution in [-0.2, 0) is 0 Å². The molecule has 3 nitrogen and oxygen atoms in total. The number of allylic oxidation sites excluding steroid dienone is 2. The van der Waals surface area contributed by atoms with Crippen LogP contribution < -0.4 is 5.73 Å². The Labute approximate surface area is 95.0 Å². The number of nitrogens with two attached hydrogens (primary N) is 1. The van der Waals surface area contributed by atoms with Gasteiger partial charge in [0.05, 0.1) is 0 Å². The molecule has 0 aliphatic carbocycles. The van der Waals surface area contributed by atoms with Crippen LogP contribution in [0.15, 0.2) is 42.0 Å². The minimum Gasteiger partial charge on any atom is -0.398 e. The minimum atomic E-state index is 0.481. The molecule has 0 saturated heterocycles. The van der Waals surface area contributed by atoms with E-state index in [-0.39, 0.29) is 0 Å². The number of carbonyl (C=O) groups excluding carboxylic acids is 1. The minimum absolute atomic E-state index is 0.481. The third kappa shape index (κ3) is 2.67. The van der Waals surface area contributed by atoms with Crippen molar-refractivity contribution in [3.8, 4) is 0 Å². The number of aldehydes is 1. The maximum Gasteiger partial charge on any atom is 0.152 e. The van der Waals surface area contributed by atoms with E-state index in [9.17, 15) is 4.79 Å². The van der Waals surface area contributed by atoms with E-state index >= 15 is 0 Å². The number of aliphatic imine (C=N–C) groups is 1. The molecule has 0 heterocycles. The van der Waals surface area contributed by atoms with Crippen LogP contribution in [0.4, 0.5) is 5.69 Å². The molecule has 3 heteroatoms. The molecular formula is C13H14N2O. The fourth-order valence-corrected chi connectivity index (χ4v) is 1.31. The van der Waals surface area contributed by atoms with Crippen molar-refractivity contribution < 1.29 is 4.79 Å². The number of nitrogen functional groups attached to an aromatic ring is 1. The Kier molecular flexibility index (Phi) is 4.21. The fraction of sp³-hybridized carbons (Fsp3) is 0.0769. The molecule has 0 spiro atoms. The van der Waals surface area contributed by atoms with E-state index < -0.39 is 0 Å². The van der Waals surface area contributed by atoms with Gasteiger partial charge in [-0.2, -0.15) is 0 Å². The molecule has 0 bridgehead atoms. The first-order chi connectivity index (χ1) is 7.72. The van der Waals surface area contributed by atoms with Crippen LogP contribution in [0.3, 0.4) is 0 Å². The van der Waals surface area contributed by atoms with Crippen molar-refractivity contribution in [1.29, 1.82) is 0 Å². The van der Waals surface area contributed by atoms with Crippen LogP contribution in [0.5, 0.6) is 0 Å². The highest BCUT2D eigenvalue weighted by molar-refractivity contribution is 6.10. The molecule has 0 amide bonds. The summed E-state index contributed by atoms with van der Waals surface area (Å²) in [5.41, 5.74) is 8.44. The molecule has 0 aromatic heterocycles. The lowest BCUT2D eigenvalue weighted by Gasteiger charge is -2.04. The van der Waals surface area contributed by atoms with E-state index in [0.717, 1.165) is 17.4 Å². The lowest BCUT2D eigenvalue weighted by Crippen LogP contribution is -1.95. The number of benzene rings is 1. The van der Waals surface area contributed by atoms with E-state index in [4.69, 9.17) is 5.73 Å². The molecule has 1 rings (SSSR count). The zero-order valence-electron chi connectivity index (χ0n) is 9.18.